The van der Waals surface area contributed by atoms with Gasteiger partial charge >= 0.3 is 0 Å². The molecule has 0 unspecified atom stereocenters. The first-order valence-electron chi connectivity index (χ1n) is 6.08. The predicted octanol–water partition coefficient (Wildman–Crippen LogP) is 2.85. The van der Waals surface area contributed by atoms with Gasteiger partial charge in [-0.05, 0) is 36.8 Å². The van der Waals surface area contributed by atoms with Crippen LogP contribution in [0.1, 0.15) is 12.6 Å². The summed E-state index contributed by atoms with van der Waals surface area (Å²) in [6, 6.07) is 12.2. The molecule has 2 rings (SSSR count). The maximum Gasteiger partial charge on any atom is 0.155 e. The van der Waals surface area contributed by atoms with Gasteiger partial charge in [-0.3, -0.25) is 0 Å². The van der Waals surface area contributed by atoms with E-state index < -0.39 is 0 Å². The molecule has 0 bridgehead atoms. The van der Waals surface area contributed by atoms with E-state index in [1.807, 2.05) is 43.3 Å². The van der Waals surface area contributed by atoms with Crippen molar-refractivity contribution < 1.29 is 0 Å². The highest BCUT2D eigenvalue weighted by atomic mass is 15.2. The van der Waals surface area contributed by atoms with E-state index in [4.69, 9.17) is 0 Å². The molecule has 1 heterocycles. The molecule has 0 radical (unpaired) electrons. The van der Waals surface area contributed by atoms with Crippen molar-refractivity contribution >= 4 is 17.2 Å². The quantitative estimate of drug-likeness (QED) is 0.895. The van der Waals surface area contributed by atoms with E-state index in [2.05, 4.69) is 34.6 Å². The second-order valence-corrected chi connectivity index (χ2v) is 4.10. The number of hydrogen-bond donors (Lipinski definition) is 1. The lowest BCUT2D eigenvalue weighted by Gasteiger charge is -2.18. The van der Waals surface area contributed by atoms with Gasteiger partial charge in [-0.2, -0.15) is 5.10 Å². The van der Waals surface area contributed by atoms with E-state index in [-0.39, 0.29) is 0 Å². The van der Waals surface area contributed by atoms with Gasteiger partial charge in [0.25, 0.3) is 0 Å². The highest BCUT2D eigenvalue weighted by Crippen LogP contribution is 2.23. The zero-order valence-electron chi connectivity index (χ0n) is 11.0. The van der Waals surface area contributed by atoms with E-state index >= 15 is 0 Å². The average Bonchev–Trinajstić information content (AvgIpc) is 2.46. The van der Waals surface area contributed by atoms with Gasteiger partial charge in [0.2, 0.25) is 0 Å². The zero-order valence-corrected chi connectivity index (χ0v) is 11.0. The normalized spacial score (nSPS) is 10.2. The fraction of sp³-hybridized carbons (Fsp3) is 0.286. The average molecular weight is 242 g/mol. The molecular weight excluding hydrogens is 224 g/mol. The maximum atomic E-state index is 4.24. The first-order chi connectivity index (χ1) is 8.74. The van der Waals surface area contributed by atoms with Crippen molar-refractivity contribution in [1.82, 2.24) is 10.2 Å². The molecule has 1 aromatic heterocycles. The van der Waals surface area contributed by atoms with Crippen LogP contribution in [0.3, 0.4) is 0 Å². The molecule has 0 saturated carbocycles. The lowest BCUT2D eigenvalue weighted by Crippen LogP contribution is -2.12. The smallest absolute Gasteiger partial charge is 0.155 e. The maximum absolute atomic E-state index is 4.24. The number of anilines is 3. The van der Waals surface area contributed by atoms with Crippen LogP contribution >= 0.6 is 0 Å². The molecule has 0 aliphatic heterocycles. The van der Waals surface area contributed by atoms with Gasteiger partial charge in [0, 0.05) is 25.5 Å². The number of aryl methyl sites for hydroxylation is 1. The molecule has 0 atom stereocenters. The Morgan fingerprint density at radius 2 is 2.00 bits per heavy atom. The molecule has 4 heteroatoms. The van der Waals surface area contributed by atoms with E-state index in [9.17, 15) is 0 Å². The second-order valence-electron chi connectivity index (χ2n) is 4.10. The van der Waals surface area contributed by atoms with Crippen LogP contribution in [-0.4, -0.2) is 24.3 Å². The van der Waals surface area contributed by atoms with E-state index in [0.29, 0.717) is 0 Å². The fourth-order valence-corrected chi connectivity index (χ4v) is 1.72. The summed E-state index contributed by atoms with van der Waals surface area (Å²) in [5.74, 6) is 0.848. The first kappa shape index (κ1) is 12.4. The monoisotopic (exact) mass is 242 g/mol. The number of nitrogens with zero attached hydrogens (tertiary/aromatic N) is 3. The van der Waals surface area contributed by atoms with Gasteiger partial charge in [0.05, 0.1) is 5.69 Å². The third-order valence-corrected chi connectivity index (χ3v) is 2.93. The van der Waals surface area contributed by atoms with Crippen LogP contribution < -0.4 is 10.2 Å². The molecule has 94 valence electrons. The van der Waals surface area contributed by atoms with Crippen LogP contribution in [0, 0.1) is 0 Å². The van der Waals surface area contributed by atoms with Crippen molar-refractivity contribution in [1.29, 1.82) is 0 Å². The SMILES string of the molecule is CCc1ccc(N(C)c2cccc(NC)c2)nn1. The van der Waals surface area contributed by atoms with Gasteiger partial charge in [0.15, 0.2) is 5.82 Å². The van der Waals surface area contributed by atoms with Crippen molar-refractivity contribution in [2.75, 3.05) is 24.3 Å². The first-order valence-corrected chi connectivity index (χ1v) is 6.08. The minimum atomic E-state index is 0.848. The van der Waals surface area contributed by atoms with E-state index in [0.717, 1.165) is 29.3 Å². The van der Waals surface area contributed by atoms with Crippen LogP contribution in [0.15, 0.2) is 36.4 Å². The summed E-state index contributed by atoms with van der Waals surface area (Å²) in [4.78, 5) is 2.02. The molecule has 0 saturated heterocycles. The van der Waals surface area contributed by atoms with E-state index in [1.54, 1.807) is 0 Å². The molecule has 0 spiro atoms. The van der Waals surface area contributed by atoms with Gasteiger partial charge < -0.3 is 10.2 Å². The van der Waals surface area contributed by atoms with Gasteiger partial charge in [-0.1, -0.05) is 13.0 Å². The molecule has 0 aliphatic rings. The summed E-state index contributed by atoms with van der Waals surface area (Å²) in [5, 5.41) is 11.5. The lowest BCUT2D eigenvalue weighted by atomic mass is 10.2. The largest absolute Gasteiger partial charge is 0.388 e. The Labute approximate surface area is 108 Å². The number of nitrogens with one attached hydrogen (secondary N) is 1. The minimum absolute atomic E-state index is 0.848. The molecule has 4 nitrogen and oxygen atoms in total. The summed E-state index contributed by atoms with van der Waals surface area (Å²) < 4.78 is 0. The summed E-state index contributed by atoms with van der Waals surface area (Å²) >= 11 is 0. The molecular formula is C14H18N4. The van der Waals surface area contributed by atoms with Crippen molar-refractivity contribution in [3.05, 3.63) is 42.1 Å². The highest BCUT2D eigenvalue weighted by molar-refractivity contribution is 5.64. The van der Waals surface area contributed by atoms with Crippen LogP contribution in [0.25, 0.3) is 0 Å². The van der Waals surface area contributed by atoms with Crippen LogP contribution in [0.4, 0.5) is 17.2 Å². The van der Waals surface area contributed by atoms with Crippen LogP contribution in [0.2, 0.25) is 0 Å². The highest BCUT2D eigenvalue weighted by Gasteiger charge is 2.06. The number of aromatic nitrogens is 2. The fourth-order valence-electron chi connectivity index (χ4n) is 1.72. The number of benzene rings is 1. The Hall–Kier alpha value is -2.10. The van der Waals surface area contributed by atoms with Crippen molar-refractivity contribution in [3.63, 3.8) is 0 Å². The molecule has 1 N–H and O–H groups in total. The summed E-state index contributed by atoms with van der Waals surface area (Å²) in [6.45, 7) is 2.07. The van der Waals surface area contributed by atoms with Gasteiger partial charge in [0.1, 0.15) is 0 Å². The Morgan fingerprint density at radius 1 is 1.17 bits per heavy atom. The Morgan fingerprint density at radius 3 is 2.61 bits per heavy atom. The third kappa shape index (κ3) is 2.59. The van der Waals surface area contributed by atoms with Crippen LogP contribution in [0.5, 0.6) is 0 Å². The second kappa shape index (κ2) is 5.49. The zero-order chi connectivity index (χ0) is 13.0. The summed E-state index contributed by atoms with van der Waals surface area (Å²) in [5.41, 5.74) is 3.18. The number of hydrogen-bond acceptors (Lipinski definition) is 4. The standard InChI is InChI=1S/C14H18N4/c1-4-11-8-9-14(17-16-11)18(3)13-7-5-6-12(10-13)15-2/h5-10,15H,4H2,1-3H3. The Balaban J connectivity index is 2.25. The van der Waals surface area contributed by atoms with Gasteiger partial charge in [-0.15, -0.1) is 5.10 Å². The van der Waals surface area contributed by atoms with Crippen molar-refractivity contribution in [2.45, 2.75) is 13.3 Å². The molecule has 2 aromatic rings. The predicted molar refractivity (Wildman–Crippen MR) is 75.5 cm³/mol. The topological polar surface area (TPSA) is 41.0 Å². The van der Waals surface area contributed by atoms with Crippen molar-refractivity contribution in [3.8, 4) is 0 Å². The molecule has 0 amide bonds. The van der Waals surface area contributed by atoms with E-state index in [1.165, 1.54) is 0 Å². The summed E-state index contributed by atoms with van der Waals surface area (Å²) in [6.07, 6.45) is 0.909. The molecule has 1 aromatic carbocycles. The number of rotatable bonds is 4. The Bertz CT molecular complexity index is 507. The summed E-state index contributed by atoms with van der Waals surface area (Å²) in [7, 11) is 3.90. The van der Waals surface area contributed by atoms with Crippen LogP contribution in [-0.2, 0) is 6.42 Å². The Kier molecular flexibility index (Phi) is 3.77. The third-order valence-electron chi connectivity index (χ3n) is 2.93. The molecule has 18 heavy (non-hydrogen) atoms. The molecule has 0 fully saturated rings. The van der Waals surface area contributed by atoms with Crippen molar-refractivity contribution in [2.24, 2.45) is 0 Å². The molecule has 0 aliphatic carbocycles. The minimum Gasteiger partial charge on any atom is -0.388 e. The van der Waals surface area contributed by atoms with Gasteiger partial charge in [-0.25, -0.2) is 0 Å². The lowest BCUT2D eigenvalue weighted by molar-refractivity contribution is 0.904.